The van der Waals surface area contributed by atoms with E-state index in [1.165, 1.54) is 11.3 Å². The molecule has 0 bridgehead atoms. The molecule has 0 radical (unpaired) electrons. The number of esters is 1. The summed E-state index contributed by atoms with van der Waals surface area (Å²) in [5.41, 5.74) is 3.23. The Kier molecular flexibility index (Phi) is 7.66. The highest BCUT2D eigenvalue weighted by atomic mass is 35.5. The van der Waals surface area contributed by atoms with Crippen LogP contribution in [0.15, 0.2) is 63.5 Å². The molecule has 2 aromatic carbocycles. The maximum atomic E-state index is 13.7. The van der Waals surface area contributed by atoms with E-state index < -0.39 is 12.0 Å². The Bertz CT molecular complexity index is 1500. The topological polar surface area (TPSA) is 73.1 Å². The fraction of sp³-hybridized carbons (Fsp3) is 0.296. The molecule has 0 amide bonds. The Morgan fingerprint density at radius 2 is 1.89 bits per heavy atom. The Morgan fingerprint density at radius 1 is 1.17 bits per heavy atom. The van der Waals surface area contributed by atoms with Crippen LogP contribution in [0.2, 0.25) is 5.02 Å². The summed E-state index contributed by atoms with van der Waals surface area (Å²) >= 11 is 7.63. The molecule has 0 saturated heterocycles. The number of fused-ring (bicyclic) bond motifs is 1. The highest BCUT2D eigenvalue weighted by molar-refractivity contribution is 7.07. The number of carbonyl (C=O) groups is 1. The molecule has 0 fully saturated rings. The van der Waals surface area contributed by atoms with Crippen molar-refractivity contribution in [1.82, 2.24) is 4.57 Å². The molecule has 0 spiro atoms. The van der Waals surface area contributed by atoms with Crippen molar-refractivity contribution in [2.45, 2.75) is 26.8 Å². The maximum Gasteiger partial charge on any atom is 0.338 e. The molecule has 1 aliphatic heterocycles. The summed E-state index contributed by atoms with van der Waals surface area (Å²) in [6.07, 6.45) is 1.78. The first-order valence-corrected chi connectivity index (χ1v) is 12.8. The summed E-state index contributed by atoms with van der Waals surface area (Å²) < 4.78 is 12.9. The summed E-state index contributed by atoms with van der Waals surface area (Å²) in [6, 6.07) is 12.5. The molecule has 4 rings (SSSR count). The lowest BCUT2D eigenvalue weighted by Crippen LogP contribution is -2.39. The third-order valence-corrected chi connectivity index (χ3v) is 7.07. The number of hydrogen-bond acceptors (Lipinski definition) is 7. The smallest absolute Gasteiger partial charge is 0.338 e. The van der Waals surface area contributed by atoms with Crippen molar-refractivity contribution in [3.63, 3.8) is 0 Å². The van der Waals surface area contributed by atoms with Gasteiger partial charge in [-0.15, -0.1) is 0 Å². The van der Waals surface area contributed by atoms with Crippen molar-refractivity contribution in [2.75, 3.05) is 32.2 Å². The number of benzene rings is 2. The second-order valence-electron chi connectivity index (χ2n) is 8.41. The number of hydrogen-bond donors (Lipinski definition) is 0. The molecule has 0 aliphatic carbocycles. The van der Waals surface area contributed by atoms with E-state index in [9.17, 15) is 9.59 Å². The number of ether oxygens (including phenoxy) is 2. The van der Waals surface area contributed by atoms with Crippen LogP contribution in [0.1, 0.15) is 37.9 Å². The average molecular weight is 526 g/mol. The summed E-state index contributed by atoms with van der Waals surface area (Å²) in [6.45, 7) is 6.16. The van der Waals surface area contributed by atoms with E-state index in [2.05, 4.69) is 4.99 Å². The quantitative estimate of drug-likeness (QED) is 0.437. The van der Waals surface area contributed by atoms with Gasteiger partial charge in [-0.05, 0) is 62.2 Å². The van der Waals surface area contributed by atoms with Crippen molar-refractivity contribution in [1.29, 1.82) is 0 Å². The Balaban J connectivity index is 1.89. The van der Waals surface area contributed by atoms with Gasteiger partial charge in [0.25, 0.3) is 5.56 Å². The maximum absolute atomic E-state index is 13.7. The molecule has 1 atom stereocenters. The van der Waals surface area contributed by atoms with Gasteiger partial charge in [0.15, 0.2) is 4.80 Å². The molecule has 0 saturated carbocycles. The van der Waals surface area contributed by atoms with E-state index in [1.54, 1.807) is 36.6 Å². The monoisotopic (exact) mass is 525 g/mol. The normalized spacial score (nSPS) is 15.4. The first-order valence-electron chi connectivity index (χ1n) is 11.6. The minimum Gasteiger partial charge on any atom is -0.492 e. The highest BCUT2D eigenvalue weighted by Gasteiger charge is 2.33. The Hall–Kier alpha value is -3.36. The van der Waals surface area contributed by atoms with Gasteiger partial charge in [0.1, 0.15) is 5.75 Å². The molecule has 188 valence electrons. The predicted molar refractivity (Wildman–Crippen MR) is 144 cm³/mol. The van der Waals surface area contributed by atoms with Gasteiger partial charge < -0.3 is 14.4 Å². The molecule has 9 heteroatoms. The predicted octanol–water partition coefficient (Wildman–Crippen LogP) is 3.92. The molecule has 1 aromatic heterocycles. The zero-order valence-electron chi connectivity index (χ0n) is 20.9. The van der Waals surface area contributed by atoms with Gasteiger partial charge in [-0.3, -0.25) is 9.36 Å². The van der Waals surface area contributed by atoms with Gasteiger partial charge in [0.05, 0.1) is 40.1 Å². The minimum atomic E-state index is -0.650. The largest absolute Gasteiger partial charge is 0.492 e. The van der Waals surface area contributed by atoms with Gasteiger partial charge in [-0.1, -0.05) is 41.1 Å². The van der Waals surface area contributed by atoms with Gasteiger partial charge >= 0.3 is 5.97 Å². The van der Waals surface area contributed by atoms with Gasteiger partial charge in [0.2, 0.25) is 0 Å². The number of thiazole rings is 1. The van der Waals surface area contributed by atoms with Crippen molar-refractivity contribution in [3.8, 4) is 5.75 Å². The van der Waals surface area contributed by atoms with Crippen molar-refractivity contribution < 1.29 is 14.3 Å². The highest BCUT2D eigenvalue weighted by Crippen LogP contribution is 2.31. The Morgan fingerprint density at radius 3 is 2.50 bits per heavy atom. The molecule has 1 aliphatic rings. The van der Waals surface area contributed by atoms with E-state index >= 15 is 0 Å². The molecular weight excluding hydrogens is 498 g/mol. The van der Waals surface area contributed by atoms with Crippen LogP contribution in [0.4, 0.5) is 5.69 Å². The first-order chi connectivity index (χ1) is 17.2. The zero-order valence-corrected chi connectivity index (χ0v) is 22.4. The lowest BCUT2D eigenvalue weighted by molar-refractivity contribution is -0.139. The summed E-state index contributed by atoms with van der Waals surface area (Å²) in [5.74, 6) is 0.113. The number of aromatic nitrogens is 1. The summed E-state index contributed by atoms with van der Waals surface area (Å²) in [5, 5.41) is 0.470. The van der Waals surface area contributed by atoms with E-state index in [0.29, 0.717) is 38.0 Å². The van der Waals surface area contributed by atoms with Crippen LogP contribution < -0.4 is 24.5 Å². The van der Waals surface area contributed by atoms with E-state index in [0.717, 1.165) is 16.8 Å². The molecule has 0 N–H and O–H groups in total. The molecule has 0 unspecified atom stereocenters. The molecule has 3 aromatic rings. The van der Waals surface area contributed by atoms with E-state index in [-0.39, 0.29) is 12.2 Å². The fourth-order valence-electron chi connectivity index (χ4n) is 4.09. The van der Waals surface area contributed by atoms with Crippen LogP contribution in [0.3, 0.4) is 0 Å². The molecular formula is C27H28ClN3O4S. The van der Waals surface area contributed by atoms with Crippen molar-refractivity contribution >= 4 is 40.7 Å². The van der Waals surface area contributed by atoms with Gasteiger partial charge in [-0.2, -0.15) is 0 Å². The third-order valence-electron chi connectivity index (χ3n) is 5.80. The number of halogens is 1. The van der Waals surface area contributed by atoms with Crippen LogP contribution in [0, 0.1) is 0 Å². The number of rotatable bonds is 7. The van der Waals surface area contributed by atoms with Crippen molar-refractivity contribution in [3.05, 3.63) is 89.6 Å². The summed E-state index contributed by atoms with van der Waals surface area (Å²) in [4.78, 5) is 33.9. The van der Waals surface area contributed by atoms with Crippen molar-refractivity contribution in [2.24, 2.45) is 4.99 Å². The molecule has 2 heterocycles. The number of nitrogens with zero attached hydrogens (tertiary/aromatic N) is 3. The zero-order chi connectivity index (χ0) is 26.0. The Labute approximate surface area is 218 Å². The molecule has 7 nitrogen and oxygen atoms in total. The standard InChI is InChI=1S/C27H28ClN3O4S/c1-6-34-21-13-8-17(14-20(21)28)15-22-25(32)31-24(18-9-11-19(12-10-18)30(4)5)23(26(33)35-7-2)16(3)29-27(31)36-22/h8-15,24H,6-7H2,1-5H3/b22-15-/t24-/m1/s1. The average Bonchev–Trinajstić information content (AvgIpc) is 3.14. The van der Waals surface area contributed by atoms with Crippen LogP contribution in [-0.2, 0) is 9.53 Å². The van der Waals surface area contributed by atoms with E-state index in [1.807, 2.05) is 56.3 Å². The van der Waals surface area contributed by atoms with Gasteiger partial charge in [0, 0.05) is 19.8 Å². The second-order valence-corrected chi connectivity index (χ2v) is 9.83. The van der Waals surface area contributed by atoms with Crippen LogP contribution >= 0.6 is 22.9 Å². The number of anilines is 1. The first kappa shape index (κ1) is 25.7. The lowest BCUT2D eigenvalue weighted by atomic mass is 9.95. The summed E-state index contributed by atoms with van der Waals surface area (Å²) in [7, 11) is 3.92. The fourth-order valence-corrected chi connectivity index (χ4v) is 5.38. The van der Waals surface area contributed by atoms with Crippen LogP contribution in [-0.4, -0.2) is 37.8 Å². The van der Waals surface area contributed by atoms with Crippen LogP contribution in [0.25, 0.3) is 6.08 Å². The lowest BCUT2D eigenvalue weighted by Gasteiger charge is -2.25. The van der Waals surface area contributed by atoms with Crippen LogP contribution in [0.5, 0.6) is 5.75 Å². The minimum absolute atomic E-state index is 0.227. The molecule has 36 heavy (non-hydrogen) atoms. The second kappa shape index (κ2) is 10.7. The SMILES string of the molecule is CCOC(=O)C1=C(C)N=c2s/c(=C\c3ccc(OCC)c(Cl)c3)c(=O)n2[C@@H]1c1ccc(N(C)C)cc1. The third kappa shape index (κ3) is 4.96. The number of allylic oxidation sites excluding steroid dienone is 1. The van der Waals surface area contributed by atoms with Gasteiger partial charge in [-0.25, -0.2) is 9.79 Å². The number of carbonyl (C=O) groups excluding carboxylic acids is 1. The van der Waals surface area contributed by atoms with E-state index in [4.69, 9.17) is 21.1 Å².